The van der Waals surface area contributed by atoms with Gasteiger partial charge in [-0.05, 0) is 30.4 Å². The molecule has 8 heteroatoms. The zero-order chi connectivity index (χ0) is 13.1. The Balaban J connectivity index is 3.07. The van der Waals surface area contributed by atoms with Crippen molar-refractivity contribution in [3.05, 3.63) is 35.1 Å². The summed E-state index contributed by atoms with van der Waals surface area (Å²) >= 11 is 4.41. The molecule has 0 atom stereocenters. The van der Waals surface area contributed by atoms with Crippen LogP contribution >= 0.6 is 12.2 Å². The fraction of sp³-hybridized carbons (Fsp3) is 0.111. The Hall–Kier alpha value is -1.70. The van der Waals surface area contributed by atoms with Crippen LogP contribution < -0.4 is 11.2 Å². The number of alkyl halides is 3. The van der Waals surface area contributed by atoms with E-state index in [0.29, 0.717) is 6.07 Å². The molecule has 0 aliphatic heterocycles. The van der Waals surface area contributed by atoms with Gasteiger partial charge in [0, 0.05) is 5.56 Å². The molecule has 1 rings (SSSR count). The highest BCUT2D eigenvalue weighted by atomic mass is 32.1. The Kier molecular flexibility index (Phi) is 4.00. The fourth-order valence-electron chi connectivity index (χ4n) is 1.05. The van der Waals surface area contributed by atoms with E-state index in [1.165, 1.54) is 0 Å². The lowest BCUT2D eigenvalue weighted by Crippen LogP contribution is -2.24. The van der Waals surface area contributed by atoms with Gasteiger partial charge in [0.25, 0.3) is 0 Å². The van der Waals surface area contributed by atoms with Crippen LogP contribution in [0.1, 0.15) is 11.1 Å². The number of benzene rings is 1. The van der Waals surface area contributed by atoms with Crippen LogP contribution in [-0.4, -0.2) is 11.3 Å². The average molecular weight is 265 g/mol. The van der Waals surface area contributed by atoms with E-state index in [1.807, 2.05) is 0 Å². The zero-order valence-electron chi connectivity index (χ0n) is 8.25. The number of hydrazone groups is 1. The van der Waals surface area contributed by atoms with Crippen molar-refractivity contribution in [1.29, 1.82) is 0 Å². The second-order valence-electron chi connectivity index (χ2n) is 2.96. The first-order valence-electron chi connectivity index (χ1n) is 4.26. The van der Waals surface area contributed by atoms with Crippen LogP contribution in [0.2, 0.25) is 0 Å². The van der Waals surface area contributed by atoms with Gasteiger partial charge in [0.05, 0.1) is 11.8 Å². The monoisotopic (exact) mass is 265 g/mol. The van der Waals surface area contributed by atoms with Crippen molar-refractivity contribution in [2.24, 2.45) is 10.8 Å². The number of halogens is 4. The van der Waals surface area contributed by atoms with Crippen molar-refractivity contribution in [2.75, 3.05) is 0 Å². The molecule has 0 fully saturated rings. The van der Waals surface area contributed by atoms with Crippen molar-refractivity contribution in [1.82, 2.24) is 5.43 Å². The second kappa shape index (κ2) is 5.09. The normalized spacial score (nSPS) is 11.8. The molecule has 0 aliphatic carbocycles. The maximum absolute atomic E-state index is 12.7. The molecular formula is C9H7F4N3S. The molecule has 0 aromatic heterocycles. The summed E-state index contributed by atoms with van der Waals surface area (Å²) < 4.78 is 50.3. The van der Waals surface area contributed by atoms with E-state index in [9.17, 15) is 17.6 Å². The number of hydrogen-bond acceptors (Lipinski definition) is 2. The summed E-state index contributed by atoms with van der Waals surface area (Å²) in [5.41, 5.74) is 5.73. The summed E-state index contributed by atoms with van der Waals surface area (Å²) in [6.45, 7) is 0. The smallest absolute Gasteiger partial charge is 0.375 e. The molecule has 0 unspecified atom stereocenters. The molecule has 0 radical (unpaired) electrons. The van der Waals surface area contributed by atoms with Crippen molar-refractivity contribution < 1.29 is 17.6 Å². The van der Waals surface area contributed by atoms with Gasteiger partial charge < -0.3 is 5.73 Å². The lowest BCUT2D eigenvalue weighted by atomic mass is 10.1. The Labute approximate surface area is 99.3 Å². The van der Waals surface area contributed by atoms with Gasteiger partial charge in [0.2, 0.25) is 0 Å². The van der Waals surface area contributed by atoms with Crippen LogP contribution in [0, 0.1) is 5.82 Å². The van der Waals surface area contributed by atoms with Crippen molar-refractivity contribution in [3.8, 4) is 0 Å². The summed E-state index contributed by atoms with van der Waals surface area (Å²) in [4.78, 5) is 0. The predicted octanol–water partition coefficient (Wildman–Crippen LogP) is 2.01. The van der Waals surface area contributed by atoms with Crippen molar-refractivity contribution >= 4 is 23.5 Å². The Bertz CT molecular complexity index is 456. The topological polar surface area (TPSA) is 50.4 Å². The van der Waals surface area contributed by atoms with Gasteiger partial charge in [-0.1, -0.05) is 0 Å². The lowest BCUT2D eigenvalue weighted by molar-refractivity contribution is -0.137. The van der Waals surface area contributed by atoms with E-state index < -0.39 is 17.6 Å². The predicted molar refractivity (Wildman–Crippen MR) is 58.9 cm³/mol. The summed E-state index contributed by atoms with van der Waals surface area (Å²) in [6.07, 6.45) is -3.80. The summed E-state index contributed by atoms with van der Waals surface area (Å²) in [7, 11) is 0. The molecule has 0 saturated heterocycles. The number of hydrogen-bond donors (Lipinski definition) is 2. The number of nitrogens with zero attached hydrogens (tertiary/aromatic N) is 1. The van der Waals surface area contributed by atoms with E-state index in [2.05, 4.69) is 22.7 Å². The molecular weight excluding hydrogens is 258 g/mol. The van der Waals surface area contributed by atoms with Gasteiger partial charge in [0.15, 0.2) is 5.11 Å². The van der Waals surface area contributed by atoms with Crippen molar-refractivity contribution in [2.45, 2.75) is 6.18 Å². The van der Waals surface area contributed by atoms with Gasteiger partial charge in [-0.3, -0.25) is 5.43 Å². The standard InChI is InChI=1S/C9H7F4N3S/c10-6-2-1-5(4-15-16-8(14)17)7(3-6)9(11,12)13/h1-4H,(H3,14,16,17)/b15-4+. The molecule has 3 nitrogen and oxygen atoms in total. The summed E-state index contributed by atoms with van der Waals surface area (Å²) in [6, 6.07) is 2.25. The average Bonchev–Trinajstić information content (AvgIpc) is 2.18. The fourth-order valence-corrected chi connectivity index (χ4v) is 1.10. The quantitative estimate of drug-likeness (QED) is 0.372. The maximum Gasteiger partial charge on any atom is 0.417 e. The van der Waals surface area contributed by atoms with E-state index in [1.54, 1.807) is 0 Å². The highest BCUT2D eigenvalue weighted by molar-refractivity contribution is 7.80. The minimum atomic E-state index is -4.66. The first kappa shape index (κ1) is 13.4. The van der Waals surface area contributed by atoms with E-state index in [-0.39, 0.29) is 10.7 Å². The third kappa shape index (κ3) is 3.99. The van der Waals surface area contributed by atoms with Crippen LogP contribution in [0.4, 0.5) is 17.6 Å². The van der Waals surface area contributed by atoms with Gasteiger partial charge in [-0.2, -0.15) is 18.3 Å². The molecule has 0 bridgehead atoms. The largest absolute Gasteiger partial charge is 0.417 e. The maximum atomic E-state index is 12.7. The van der Waals surface area contributed by atoms with E-state index >= 15 is 0 Å². The molecule has 1 aromatic carbocycles. The molecule has 3 N–H and O–H groups in total. The van der Waals surface area contributed by atoms with Gasteiger partial charge in [-0.25, -0.2) is 4.39 Å². The first-order valence-corrected chi connectivity index (χ1v) is 4.67. The minimum Gasteiger partial charge on any atom is -0.375 e. The zero-order valence-corrected chi connectivity index (χ0v) is 9.07. The SMILES string of the molecule is NC(=S)N/N=C/c1ccc(F)cc1C(F)(F)F. The lowest BCUT2D eigenvalue weighted by Gasteiger charge is -2.09. The Morgan fingerprint density at radius 2 is 2.06 bits per heavy atom. The molecule has 92 valence electrons. The molecule has 17 heavy (non-hydrogen) atoms. The van der Waals surface area contributed by atoms with Crippen LogP contribution in [-0.2, 0) is 6.18 Å². The minimum absolute atomic E-state index is 0.183. The van der Waals surface area contributed by atoms with E-state index in [0.717, 1.165) is 18.3 Å². The molecule has 0 amide bonds. The molecule has 0 spiro atoms. The summed E-state index contributed by atoms with van der Waals surface area (Å²) in [5.74, 6) is -0.975. The number of nitrogens with one attached hydrogen (secondary N) is 1. The van der Waals surface area contributed by atoms with E-state index in [4.69, 9.17) is 5.73 Å². The third-order valence-electron chi connectivity index (χ3n) is 1.70. The number of rotatable bonds is 2. The van der Waals surface area contributed by atoms with Gasteiger partial charge >= 0.3 is 6.18 Å². The Morgan fingerprint density at radius 3 is 2.59 bits per heavy atom. The highest BCUT2D eigenvalue weighted by Gasteiger charge is 2.33. The van der Waals surface area contributed by atoms with Crippen LogP contribution in [0.15, 0.2) is 23.3 Å². The molecule has 0 heterocycles. The van der Waals surface area contributed by atoms with Gasteiger partial charge in [-0.15, -0.1) is 0 Å². The first-order chi connectivity index (χ1) is 7.80. The summed E-state index contributed by atoms with van der Waals surface area (Å²) in [5, 5.41) is 3.20. The molecule has 0 aliphatic rings. The van der Waals surface area contributed by atoms with Crippen LogP contribution in [0.3, 0.4) is 0 Å². The molecule has 1 aromatic rings. The van der Waals surface area contributed by atoms with Crippen molar-refractivity contribution in [3.63, 3.8) is 0 Å². The second-order valence-corrected chi connectivity index (χ2v) is 3.40. The number of nitrogens with two attached hydrogens (primary N) is 1. The third-order valence-corrected chi connectivity index (χ3v) is 1.79. The van der Waals surface area contributed by atoms with Crippen LogP contribution in [0.25, 0.3) is 0 Å². The van der Waals surface area contributed by atoms with Crippen LogP contribution in [0.5, 0.6) is 0 Å². The number of thiocarbonyl (C=S) groups is 1. The molecule has 0 saturated carbocycles. The highest BCUT2D eigenvalue weighted by Crippen LogP contribution is 2.31. The van der Waals surface area contributed by atoms with Gasteiger partial charge in [0.1, 0.15) is 5.82 Å². The Morgan fingerprint density at radius 1 is 1.41 bits per heavy atom.